The Hall–Kier alpha value is -3.19. The van der Waals surface area contributed by atoms with E-state index in [1.807, 2.05) is 29.6 Å². The Labute approximate surface area is 172 Å². The Morgan fingerprint density at radius 1 is 1.17 bits per heavy atom. The second-order valence-electron chi connectivity index (χ2n) is 6.12. The standard InChI is InChI=1S/C22H21FN2O3S/c1-27-17-7-5-16(6-8-17)19-14-29-22(25-19)11-12-24-21(26)10-4-15-3-9-20(28-2)18(23)13-15/h3-10,13-14H,11-12H2,1-2H3,(H,24,26)/b10-4+. The molecule has 0 spiro atoms. The number of aromatic nitrogens is 1. The molecule has 0 unspecified atom stereocenters. The summed E-state index contributed by atoms with van der Waals surface area (Å²) in [6.45, 7) is 0.468. The third-order valence-corrected chi connectivity index (χ3v) is 5.09. The summed E-state index contributed by atoms with van der Waals surface area (Å²) in [5, 5.41) is 5.75. The minimum Gasteiger partial charge on any atom is -0.497 e. The molecule has 1 amide bonds. The van der Waals surface area contributed by atoms with Crippen LogP contribution in [0.15, 0.2) is 53.9 Å². The molecule has 0 atom stereocenters. The van der Waals surface area contributed by atoms with E-state index in [0.29, 0.717) is 18.5 Å². The fourth-order valence-electron chi connectivity index (χ4n) is 2.63. The van der Waals surface area contributed by atoms with Crippen LogP contribution < -0.4 is 14.8 Å². The predicted molar refractivity (Wildman–Crippen MR) is 113 cm³/mol. The molecule has 150 valence electrons. The van der Waals surface area contributed by atoms with Gasteiger partial charge in [0.05, 0.1) is 24.9 Å². The van der Waals surface area contributed by atoms with Crippen molar-refractivity contribution in [3.05, 3.63) is 70.3 Å². The Bertz CT molecular complexity index is 1000. The Morgan fingerprint density at radius 2 is 1.97 bits per heavy atom. The smallest absolute Gasteiger partial charge is 0.244 e. The highest BCUT2D eigenvalue weighted by molar-refractivity contribution is 7.09. The monoisotopic (exact) mass is 412 g/mol. The first kappa shape index (κ1) is 20.5. The second kappa shape index (κ2) is 9.84. The molecule has 7 heteroatoms. The molecule has 0 radical (unpaired) electrons. The van der Waals surface area contributed by atoms with Crippen molar-refractivity contribution in [2.45, 2.75) is 6.42 Å². The number of thiazole rings is 1. The molecular formula is C22H21FN2O3S. The Kier molecular flexibility index (Phi) is 6.97. The van der Waals surface area contributed by atoms with E-state index in [0.717, 1.165) is 22.0 Å². The number of halogens is 1. The lowest BCUT2D eigenvalue weighted by Gasteiger charge is -2.02. The van der Waals surface area contributed by atoms with Crippen LogP contribution in [-0.2, 0) is 11.2 Å². The third kappa shape index (κ3) is 5.65. The van der Waals surface area contributed by atoms with Gasteiger partial charge in [0, 0.05) is 30.0 Å². The van der Waals surface area contributed by atoms with E-state index < -0.39 is 5.82 Å². The van der Waals surface area contributed by atoms with E-state index in [9.17, 15) is 9.18 Å². The number of nitrogens with zero attached hydrogens (tertiary/aromatic N) is 1. The molecule has 0 aliphatic carbocycles. The number of rotatable bonds is 8. The van der Waals surface area contributed by atoms with Gasteiger partial charge in [0.2, 0.25) is 5.91 Å². The minimum absolute atomic E-state index is 0.170. The van der Waals surface area contributed by atoms with Gasteiger partial charge in [-0.1, -0.05) is 6.07 Å². The van der Waals surface area contributed by atoms with Crippen molar-refractivity contribution in [1.29, 1.82) is 0 Å². The highest BCUT2D eigenvalue weighted by Gasteiger charge is 2.06. The van der Waals surface area contributed by atoms with Gasteiger partial charge in [-0.05, 0) is 48.0 Å². The maximum atomic E-state index is 13.7. The molecule has 3 rings (SSSR count). The second-order valence-corrected chi connectivity index (χ2v) is 7.07. The van der Waals surface area contributed by atoms with Gasteiger partial charge in [-0.3, -0.25) is 4.79 Å². The Balaban J connectivity index is 1.49. The maximum absolute atomic E-state index is 13.7. The van der Waals surface area contributed by atoms with Crippen molar-refractivity contribution >= 4 is 23.3 Å². The molecule has 5 nitrogen and oxygen atoms in total. The topological polar surface area (TPSA) is 60.5 Å². The average Bonchev–Trinajstić information content (AvgIpc) is 3.21. The van der Waals surface area contributed by atoms with Crippen LogP contribution in [0.1, 0.15) is 10.6 Å². The molecule has 29 heavy (non-hydrogen) atoms. The molecule has 0 bridgehead atoms. The summed E-state index contributed by atoms with van der Waals surface area (Å²) in [5.74, 6) is 0.265. The number of ether oxygens (including phenoxy) is 2. The number of carbonyl (C=O) groups excluding carboxylic acids is 1. The van der Waals surface area contributed by atoms with Crippen molar-refractivity contribution in [2.24, 2.45) is 0 Å². The number of benzene rings is 2. The van der Waals surface area contributed by atoms with E-state index in [-0.39, 0.29) is 11.7 Å². The first-order valence-corrected chi connectivity index (χ1v) is 9.85. The fourth-order valence-corrected chi connectivity index (χ4v) is 3.44. The number of amides is 1. The van der Waals surface area contributed by atoms with Crippen LogP contribution in [0.3, 0.4) is 0 Å². The zero-order valence-electron chi connectivity index (χ0n) is 16.1. The number of hydrogen-bond acceptors (Lipinski definition) is 5. The summed E-state index contributed by atoms with van der Waals surface area (Å²) in [6, 6.07) is 12.3. The van der Waals surface area contributed by atoms with Gasteiger partial charge in [-0.2, -0.15) is 0 Å². The van der Waals surface area contributed by atoms with E-state index in [4.69, 9.17) is 9.47 Å². The van der Waals surface area contributed by atoms with E-state index in [1.54, 1.807) is 30.6 Å². The van der Waals surface area contributed by atoms with Crippen LogP contribution in [0, 0.1) is 5.82 Å². The number of hydrogen-bond donors (Lipinski definition) is 1. The molecule has 1 aromatic heterocycles. The SMILES string of the molecule is COc1ccc(-c2csc(CCNC(=O)/C=C/c3ccc(OC)c(F)c3)n2)cc1. The molecule has 0 aliphatic heterocycles. The van der Waals surface area contributed by atoms with Gasteiger partial charge < -0.3 is 14.8 Å². The molecule has 0 fully saturated rings. The van der Waals surface area contributed by atoms with E-state index >= 15 is 0 Å². The molecule has 0 aliphatic rings. The summed E-state index contributed by atoms with van der Waals surface area (Å²) in [5.41, 5.74) is 2.51. The molecular weight excluding hydrogens is 391 g/mol. The summed E-state index contributed by atoms with van der Waals surface area (Å²) in [4.78, 5) is 16.6. The fraction of sp³-hybridized carbons (Fsp3) is 0.182. The quantitative estimate of drug-likeness (QED) is 0.559. The predicted octanol–water partition coefficient (Wildman–Crippen LogP) is 4.34. The maximum Gasteiger partial charge on any atom is 0.244 e. The zero-order chi connectivity index (χ0) is 20.6. The van der Waals surface area contributed by atoms with Crippen LogP contribution in [0.4, 0.5) is 4.39 Å². The molecule has 1 N–H and O–H groups in total. The van der Waals surface area contributed by atoms with Crippen molar-refractivity contribution in [2.75, 3.05) is 20.8 Å². The average molecular weight is 412 g/mol. The van der Waals surface area contributed by atoms with Crippen LogP contribution in [-0.4, -0.2) is 31.7 Å². The van der Waals surface area contributed by atoms with Gasteiger partial charge in [0.1, 0.15) is 5.75 Å². The number of methoxy groups -OCH3 is 2. The minimum atomic E-state index is -0.466. The molecule has 3 aromatic rings. The molecule has 1 heterocycles. The van der Waals surface area contributed by atoms with Crippen molar-refractivity contribution in [3.8, 4) is 22.8 Å². The largest absolute Gasteiger partial charge is 0.497 e. The van der Waals surface area contributed by atoms with Crippen molar-refractivity contribution in [3.63, 3.8) is 0 Å². The van der Waals surface area contributed by atoms with Crippen molar-refractivity contribution < 1.29 is 18.7 Å². The molecule has 2 aromatic carbocycles. The van der Waals surface area contributed by atoms with E-state index in [2.05, 4.69) is 10.3 Å². The summed E-state index contributed by atoms with van der Waals surface area (Å²) in [6.07, 6.45) is 3.58. The summed E-state index contributed by atoms with van der Waals surface area (Å²) >= 11 is 1.56. The van der Waals surface area contributed by atoms with Gasteiger partial charge in [-0.25, -0.2) is 9.37 Å². The zero-order valence-corrected chi connectivity index (χ0v) is 17.0. The lowest BCUT2D eigenvalue weighted by atomic mass is 10.2. The highest BCUT2D eigenvalue weighted by Crippen LogP contribution is 2.24. The van der Waals surface area contributed by atoms with Crippen molar-refractivity contribution in [1.82, 2.24) is 10.3 Å². The lowest BCUT2D eigenvalue weighted by Crippen LogP contribution is -2.23. The van der Waals surface area contributed by atoms with Gasteiger partial charge in [-0.15, -0.1) is 11.3 Å². The molecule has 0 saturated heterocycles. The molecule has 0 saturated carbocycles. The van der Waals surface area contributed by atoms with Gasteiger partial charge in [0.25, 0.3) is 0 Å². The van der Waals surface area contributed by atoms with Gasteiger partial charge >= 0.3 is 0 Å². The van der Waals surface area contributed by atoms with Crippen LogP contribution >= 0.6 is 11.3 Å². The number of nitrogens with one attached hydrogen (secondary N) is 1. The van der Waals surface area contributed by atoms with Crippen LogP contribution in [0.25, 0.3) is 17.3 Å². The highest BCUT2D eigenvalue weighted by atomic mass is 32.1. The normalized spacial score (nSPS) is 10.9. The van der Waals surface area contributed by atoms with Crippen LogP contribution in [0.2, 0.25) is 0 Å². The van der Waals surface area contributed by atoms with Crippen LogP contribution in [0.5, 0.6) is 11.5 Å². The Morgan fingerprint density at radius 3 is 2.66 bits per heavy atom. The summed E-state index contributed by atoms with van der Waals surface area (Å²) < 4.78 is 23.7. The number of carbonyl (C=O) groups is 1. The summed E-state index contributed by atoms with van der Waals surface area (Å²) in [7, 11) is 3.04. The van der Waals surface area contributed by atoms with E-state index in [1.165, 1.54) is 25.3 Å². The van der Waals surface area contributed by atoms with Gasteiger partial charge in [0.15, 0.2) is 11.6 Å². The third-order valence-electron chi connectivity index (χ3n) is 4.18. The first-order valence-electron chi connectivity index (χ1n) is 8.97. The lowest BCUT2D eigenvalue weighted by molar-refractivity contribution is -0.116. The first-order chi connectivity index (χ1) is 14.1.